The fourth-order valence-corrected chi connectivity index (χ4v) is 2.77. The topological polar surface area (TPSA) is 76.1 Å². The van der Waals surface area contributed by atoms with Crippen molar-refractivity contribution in [3.63, 3.8) is 0 Å². The van der Waals surface area contributed by atoms with E-state index in [1.54, 1.807) is 0 Å². The summed E-state index contributed by atoms with van der Waals surface area (Å²) < 4.78 is 10.3. The molecule has 6 heteroatoms. The molecule has 0 bridgehead atoms. The number of benzene rings is 1. The summed E-state index contributed by atoms with van der Waals surface area (Å²) in [4.78, 5) is 25.4. The molecule has 6 nitrogen and oxygen atoms in total. The summed E-state index contributed by atoms with van der Waals surface area (Å²) in [6, 6.07) is 9.29. The third-order valence-corrected chi connectivity index (χ3v) is 3.95. The molecular formula is C16H21NO5. The summed E-state index contributed by atoms with van der Waals surface area (Å²) in [7, 11) is 1.44. The van der Waals surface area contributed by atoms with Crippen molar-refractivity contribution in [1.29, 1.82) is 0 Å². The molecule has 120 valence electrons. The molecule has 1 atom stereocenters. The van der Waals surface area contributed by atoms with Crippen LogP contribution in [0.1, 0.15) is 24.8 Å². The average Bonchev–Trinajstić information content (AvgIpc) is 2.54. The maximum atomic E-state index is 12.4. The van der Waals surface area contributed by atoms with Gasteiger partial charge in [-0.1, -0.05) is 30.3 Å². The van der Waals surface area contributed by atoms with E-state index in [-0.39, 0.29) is 13.2 Å². The average molecular weight is 307 g/mol. The SMILES string of the molecule is COC[C@]1(C(=O)O)CCCCN1C(=O)OCc1ccccc1. The summed E-state index contributed by atoms with van der Waals surface area (Å²) in [5, 5.41) is 9.59. The Morgan fingerprint density at radius 1 is 1.27 bits per heavy atom. The summed E-state index contributed by atoms with van der Waals surface area (Å²) in [5.74, 6) is -1.05. The Bertz CT molecular complexity index is 515. The quantitative estimate of drug-likeness (QED) is 0.903. The Morgan fingerprint density at radius 2 is 2.00 bits per heavy atom. The molecule has 1 aliphatic heterocycles. The molecule has 1 amide bonds. The normalized spacial score (nSPS) is 21.4. The van der Waals surface area contributed by atoms with Crippen LogP contribution in [0.25, 0.3) is 0 Å². The van der Waals surface area contributed by atoms with Crippen molar-refractivity contribution in [3.05, 3.63) is 35.9 Å². The number of amides is 1. The fraction of sp³-hybridized carbons (Fsp3) is 0.500. The summed E-state index contributed by atoms with van der Waals surface area (Å²) >= 11 is 0. The first-order valence-electron chi connectivity index (χ1n) is 7.31. The maximum Gasteiger partial charge on any atom is 0.411 e. The molecule has 1 heterocycles. The predicted molar refractivity (Wildman–Crippen MR) is 79.4 cm³/mol. The number of carbonyl (C=O) groups is 2. The molecule has 2 rings (SSSR count). The van der Waals surface area contributed by atoms with E-state index in [0.717, 1.165) is 18.4 Å². The molecule has 0 unspecified atom stereocenters. The van der Waals surface area contributed by atoms with Gasteiger partial charge in [-0.05, 0) is 24.8 Å². The number of ether oxygens (including phenoxy) is 2. The minimum absolute atomic E-state index is 0.0389. The zero-order valence-corrected chi connectivity index (χ0v) is 12.7. The van der Waals surface area contributed by atoms with Crippen LogP contribution in [0.5, 0.6) is 0 Å². The summed E-state index contributed by atoms with van der Waals surface area (Å²) in [6.45, 7) is 0.449. The van der Waals surface area contributed by atoms with Gasteiger partial charge in [0.1, 0.15) is 6.61 Å². The highest BCUT2D eigenvalue weighted by atomic mass is 16.6. The van der Waals surface area contributed by atoms with Gasteiger partial charge < -0.3 is 14.6 Å². The van der Waals surface area contributed by atoms with Crippen LogP contribution in [-0.4, -0.2) is 47.9 Å². The number of hydrogen-bond donors (Lipinski definition) is 1. The van der Waals surface area contributed by atoms with Crippen LogP contribution >= 0.6 is 0 Å². The highest BCUT2D eigenvalue weighted by molar-refractivity contribution is 5.85. The van der Waals surface area contributed by atoms with Crippen LogP contribution < -0.4 is 0 Å². The molecule has 1 aromatic rings. The van der Waals surface area contributed by atoms with Gasteiger partial charge in [-0.25, -0.2) is 9.59 Å². The third-order valence-electron chi connectivity index (χ3n) is 3.95. The smallest absolute Gasteiger partial charge is 0.411 e. The first kappa shape index (κ1) is 16.3. The highest BCUT2D eigenvalue weighted by Gasteiger charge is 2.49. The second-order valence-corrected chi connectivity index (χ2v) is 5.42. The lowest BCUT2D eigenvalue weighted by Crippen LogP contribution is -2.62. The Balaban J connectivity index is 2.09. The monoisotopic (exact) mass is 307 g/mol. The summed E-state index contributed by atoms with van der Waals surface area (Å²) in [5.41, 5.74) is -0.471. The lowest BCUT2D eigenvalue weighted by molar-refractivity contribution is -0.157. The minimum atomic E-state index is -1.33. The molecule has 1 fully saturated rings. The van der Waals surface area contributed by atoms with Crippen LogP contribution in [-0.2, 0) is 20.9 Å². The lowest BCUT2D eigenvalue weighted by atomic mass is 9.87. The molecule has 22 heavy (non-hydrogen) atoms. The van der Waals surface area contributed by atoms with Crippen molar-refractivity contribution < 1.29 is 24.2 Å². The van der Waals surface area contributed by atoms with Crippen molar-refractivity contribution in [2.45, 2.75) is 31.4 Å². The van der Waals surface area contributed by atoms with Gasteiger partial charge in [0.25, 0.3) is 0 Å². The van der Waals surface area contributed by atoms with Gasteiger partial charge in [-0.15, -0.1) is 0 Å². The van der Waals surface area contributed by atoms with Gasteiger partial charge in [-0.2, -0.15) is 0 Å². The van der Waals surface area contributed by atoms with Crippen molar-refractivity contribution in [2.24, 2.45) is 0 Å². The molecule has 0 aromatic heterocycles. The molecule has 0 aliphatic carbocycles. The van der Waals surface area contributed by atoms with Gasteiger partial charge in [0.2, 0.25) is 0 Å². The van der Waals surface area contributed by atoms with Gasteiger partial charge in [0, 0.05) is 13.7 Å². The Hall–Kier alpha value is -2.08. The standard InChI is InChI=1S/C16H21NO5/c1-21-12-16(14(18)19)9-5-6-10-17(16)15(20)22-11-13-7-3-2-4-8-13/h2-4,7-8H,5-6,9-12H2,1H3,(H,18,19)/t16-/m0/s1. The number of nitrogens with zero attached hydrogens (tertiary/aromatic N) is 1. The Labute approximate surface area is 129 Å². The Kier molecular flexibility index (Phi) is 5.38. The van der Waals surface area contributed by atoms with E-state index in [9.17, 15) is 14.7 Å². The first-order valence-corrected chi connectivity index (χ1v) is 7.31. The Morgan fingerprint density at radius 3 is 2.64 bits per heavy atom. The van der Waals surface area contributed by atoms with Gasteiger partial charge in [-0.3, -0.25) is 4.90 Å². The number of rotatable bonds is 5. The van der Waals surface area contributed by atoms with E-state index < -0.39 is 17.6 Å². The number of likely N-dealkylation sites (tertiary alicyclic amines) is 1. The van der Waals surface area contributed by atoms with Gasteiger partial charge in [0.15, 0.2) is 5.54 Å². The molecule has 1 N–H and O–H groups in total. The lowest BCUT2D eigenvalue weighted by Gasteiger charge is -2.42. The van der Waals surface area contributed by atoms with E-state index in [2.05, 4.69) is 0 Å². The number of carbonyl (C=O) groups excluding carboxylic acids is 1. The van der Waals surface area contributed by atoms with E-state index in [1.807, 2.05) is 30.3 Å². The van der Waals surface area contributed by atoms with Crippen LogP contribution in [0.2, 0.25) is 0 Å². The van der Waals surface area contributed by atoms with Crippen LogP contribution in [0, 0.1) is 0 Å². The number of methoxy groups -OCH3 is 1. The fourth-order valence-electron chi connectivity index (χ4n) is 2.77. The van der Waals surface area contributed by atoms with Crippen LogP contribution in [0.3, 0.4) is 0 Å². The molecule has 0 saturated carbocycles. The van der Waals surface area contributed by atoms with Crippen molar-refractivity contribution in [2.75, 3.05) is 20.3 Å². The minimum Gasteiger partial charge on any atom is -0.479 e. The molecule has 1 aliphatic rings. The number of carboxylic acid groups (broad SMARTS) is 1. The second-order valence-electron chi connectivity index (χ2n) is 5.42. The number of hydrogen-bond acceptors (Lipinski definition) is 4. The van der Waals surface area contributed by atoms with Crippen molar-refractivity contribution in [3.8, 4) is 0 Å². The summed E-state index contributed by atoms with van der Waals surface area (Å²) in [6.07, 6.45) is 1.27. The van der Waals surface area contributed by atoms with Crippen LogP contribution in [0.15, 0.2) is 30.3 Å². The number of aliphatic carboxylic acids is 1. The van der Waals surface area contributed by atoms with Gasteiger partial charge >= 0.3 is 12.1 Å². The largest absolute Gasteiger partial charge is 0.479 e. The predicted octanol–water partition coefficient (Wildman–Crippen LogP) is 2.28. The first-order chi connectivity index (χ1) is 10.6. The number of piperidine rings is 1. The van der Waals surface area contributed by atoms with Gasteiger partial charge in [0.05, 0.1) is 6.61 Å². The molecular weight excluding hydrogens is 286 g/mol. The zero-order chi connectivity index (χ0) is 16.0. The van der Waals surface area contributed by atoms with E-state index in [1.165, 1.54) is 12.0 Å². The molecule has 0 radical (unpaired) electrons. The molecule has 1 saturated heterocycles. The number of carboxylic acids is 1. The van der Waals surface area contributed by atoms with Crippen molar-refractivity contribution in [1.82, 2.24) is 4.90 Å². The van der Waals surface area contributed by atoms with E-state index in [4.69, 9.17) is 9.47 Å². The second kappa shape index (κ2) is 7.26. The zero-order valence-electron chi connectivity index (χ0n) is 12.7. The highest BCUT2D eigenvalue weighted by Crippen LogP contribution is 2.30. The molecule has 1 aromatic carbocycles. The van der Waals surface area contributed by atoms with Crippen LogP contribution in [0.4, 0.5) is 4.79 Å². The third kappa shape index (κ3) is 3.39. The molecule has 0 spiro atoms. The van der Waals surface area contributed by atoms with E-state index in [0.29, 0.717) is 13.0 Å². The van der Waals surface area contributed by atoms with Crippen molar-refractivity contribution >= 4 is 12.1 Å². The van der Waals surface area contributed by atoms with E-state index >= 15 is 0 Å². The maximum absolute atomic E-state index is 12.4.